The Morgan fingerprint density at radius 2 is 1.69 bits per heavy atom. The van der Waals surface area contributed by atoms with Crippen molar-refractivity contribution in [1.82, 2.24) is 4.57 Å². The van der Waals surface area contributed by atoms with Gasteiger partial charge in [0.1, 0.15) is 17.4 Å². The quantitative estimate of drug-likeness (QED) is 0.252. The van der Waals surface area contributed by atoms with E-state index in [0.717, 1.165) is 38.7 Å². The number of pyridine rings is 1. The Kier molecular flexibility index (Phi) is 6.38. The Balaban J connectivity index is 1.61. The Morgan fingerprint density at radius 1 is 0.972 bits per heavy atom. The van der Waals surface area contributed by atoms with Crippen LogP contribution < -0.4 is 10.3 Å². The molecule has 0 aliphatic rings. The van der Waals surface area contributed by atoms with Crippen molar-refractivity contribution in [3.63, 3.8) is 0 Å². The second-order valence-electron chi connectivity index (χ2n) is 8.87. The molecule has 0 amide bonds. The van der Waals surface area contributed by atoms with Crippen molar-refractivity contribution in [2.45, 2.75) is 18.9 Å². The Morgan fingerprint density at radius 3 is 2.42 bits per heavy atom. The number of rotatable bonds is 7. The van der Waals surface area contributed by atoms with Gasteiger partial charge in [-0.2, -0.15) is 5.26 Å². The summed E-state index contributed by atoms with van der Waals surface area (Å²) in [5.74, 6) is 0.718. The third kappa shape index (κ3) is 4.28. The number of fused-ring (bicyclic) bond motifs is 2. The van der Waals surface area contributed by atoms with E-state index >= 15 is 0 Å². The zero-order chi connectivity index (χ0) is 25.1. The lowest BCUT2D eigenvalue weighted by atomic mass is 9.87. The van der Waals surface area contributed by atoms with Crippen molar-refractivity contribution in [3.05, 3.63) is 136 Å². The zero-order valence-electron chi connectivity index (χ0n) is 20.1. The smallest absolute Gasteiger partial charge is 0.269 e. The van der Waals surface area contributed by atoms with E-state index in [2.05, 4.69) is 43.0 Å². The molecular weight excluding hydrogens is 444 g/mol. The number of allylic oxidation sites excluding steroid dienone is 1. The van der Waals surface area contributed by atoms with Gasteiger partial charge in [-0.3, -0.25) is 4.79 Å². The third-order valence-electron chi connectivity index (χ3n) is 6.80. The fraction of sp³-hybridized carbons (Fsp3) is 0.125. The van der Waals surface area contributed by atoms with Gasteiger partial charge in [0.25, 0.3) is 5.56 Å². The number of para-hydroxylation sites is 1. The van der Waals surface area contributed by atoms with Gasteiger partial charge in [-0.25, -0.2) is 0 Å². The van der Waals surface area contributed by atoms with Crippen LogP contribution in [0.1, 0.15) is 28.2 Å². The first-order valence-corrected chi connectivity index (χ1v) is 11.9. The zero-order valence-corrected chi connectivity index (χ0v) is 20.1. The van der Waals surface area contributed by atoms with E-state index in [1.165, 1.54) is 5.39 Å². The van der Waals surface area contributed by atoms with Gasteiger partial charge < -0.3 is 9.30 Å². The average Bonchev–Trinajstić information content (AvgIpc) is 2.93. The van der Waals surface area contributed by atoms with Gasteiger partial charge in [-0.05, 0) is 52.1 Å². The van der Waals surface area contributed by atoms with Crippen LogP contribution in [0.2, 0.25) is 0 Å². The number of aromatic nitrogens is 1. The van der Waals surface area contributed by atoms with E-state index in [1.54, 1.807) is 11.7 Å². The van der Waals surface area contributed by atoms with Crippen LogP contribution in [-0.2, 0) is 13.0 Å². The lowest BCUT2D eigenvalue weighted by Gasteiger charge is -2.19. The summed E-state index contributed by atoms with van der Waals surface area (Å²) in [5.41, 5.74) is 3.56. The Labute approximate surface area is 210 Å². The molecule has 1 atom stereocenters. The molecule has 1 aromatic heterocycles. The predicted molar refractivity (Wildman–Crippen MR) is 146 cm³/mol. The van der Waals surface area contributed by atoms with Crippen molar-refractivity contribution in [3.8, 4) is 11.8 Å². The molecule has 1 heterocycles. The summed E-state index contributed by atoms with van der Waals surface area (Å²) in [6.45, 7) is 4.45. The number of nitrogens with zero attached hydrogens (tertiary/aromatic N) is 2. The highest BCUT2D eigenvalue weighted by molar-refractivity contribution is 5.85. The van der Waals surface area contributed by atoms with Gasteiger partial charge in [-0.1, -0.05) is 78.9 Å². The summed E-state index contributed by atoms with van der Waals surface area (Å²) in [4.78, 5) is 13.6. The topological polar surface area (TPSA) is 55.0 Å². The molecule has 0 aliphatic carbocycles. The molecule has 0 radical (unpaired) electrons. The molecule has 4 aromatic carbocycles. The fourth-order valence-corrected chi connectivity index (χ4v) is 4.87. The fourth-order valence-electron chi connectivity index (χ4n) is 4.87. The highest BCUT2D eigenvalue weighted by Gasteiger charge is 2.20. The van der Waals surface area contributed by atoms with Crippen LogP contribution >= 0.6 is 0 Å². The van der Waals surface area contributed by atoms with E-state index in [1.807, 2.05) is 66.7 Å². The molecule has 0 N–H and O–H groups in total. The van der Waals surface area contributed by atoms with Gasteiger partial charge in [0.2, 0.25) is 0 Å². The van der Waals surface area contributed by atoms with Crippen LogP contribution in [0.3, 0.4) is 0 Å². The molecule has 176 valence electrons. The minimum absolute atomic E-state index is 0.0399. The molecule has 0 aliphatic heterocycles. The van der Waals surface area contributed by atoms with Gasteiger partial charge in [0.05, 0.1) is 19.2 Å². The summed E-state index contributed by atoms with van der Waals surface area (Å²) in [6.07, 6.45) is 2.42. The van der Waals surface area contributed by atoms with Crippen LogP contribution in [0.4, 0.5) is 0 Å². The lowest BCUT2D eigenvalue weighted by Crippen LogP contribution is -2.26. The molecule has 36 heavy (non-hydrogen) atoms. The average molecular weight is 471 g/mol. The summed E-state index contributed by atoms with van der Waals surface area (Å²) < 4.78 is 6.95. The number of methoxy groups -OCH3 is 1. The molecule has 4 heteroatoms. The minimum atomic E-state index is -0.275. The molecule has 0 fully saturated rings. The molecule has 5 aromatic rings. The maximum atomic E-state index is 13.6. The van der Waals surface area contributed by atoms with Crippen LogP contribution in [0.5, 0.6) is 5.75 Å². The second kappa shape index (κ2) is 9.93. The van der Waals surface area contributed by atoms with Gasteiger partial charge in [0.15, 0.2) is 0 Å². The number of ether oxygens (including phenoxy) is 1. The van der Waals surface area contributed by atoms with Gasteiger partial charge in [-0.15, -0.1) is 6.58 Å². The maximum Gasteiger partial charge on any atom is 0.269 e. The van der Waals surface area contributed by atoms with Gasteiger partial charge >= 0.3 is 0 Å². The van der Waals surface area contributed by atoms with Crippen molar-refractivity contribution in [1.29, 1.82) is 5.26 Å². The molecule has 0 bridgehead atoms. The van der Waals surface area contributed by atoms with Crippen LogP contribution in [-0.4, -0.2) is 11.7 Å². The van der Waals surface area contributed by atoms with Crippen molar-refractivity contribution in [2.24, 2.45) is 0 Å². The molecule has 0 spiro atoms. The molecule has 5 rings (SSSR count). The first kappa shape index (κ1) is 23.1. The van der Waals surface area contributed by atoms with Crippen LogP contribution in [0, 0.1) is 11.3 Å². The Hall–Kier alpha value is -4.62. The number of hydrogen-bond donors (Lipinski definition) is 0. The molecular formula is C32H26N2O2. The highest BCUT2D eigenvalue weighted by atomic mass is 16.5. The highest BCUT2D eigenvalue weighted by Crippen LogP contribution is 2.30. The van der Waals surface area contributed by atoms with Crippen LogP contribution in [0.25, 0.3) is 21.7 Å². The normalized spacial score (nSPS) is 11.8. The summed E-state index contributed by atoms with van der Waals surface area (Å²) in [6, 6.07) is 32.3. The molecule has 4 nitrogen and oxygen atoms in total. The standard InChI is InChI=1S/C32H26N2O2/c1-3-23(26-15-14-24-8-4-5-9-25(24)18-26)19-29-28-10-6-7-11-31(28)34(32(35)30(29)20-33)21-22-12-16-27(36-2)17-13-22/h3-18,23H,1,19,21H2,2H3/t23-/m1/s1. The summed E-state index contributed by atoms with van der Waals surface area (Å²) >= 11 is 0. The number of hydrogen-bond acceptors (Lipinski definition) is 3. The summed E-state index contributed by atoms with van der Waals surface area (Å²) in [7, 11) is 1.62. The summed E-state index contributed by atoms with van der Waals surface area (Å²) in [5, 5.41) is 13.4. The second-order valence-corrected chi connectivity index (χ2v) is 8.87. The Bertz CT molecular complexity index is 1670. The van der Waals surface area contributed by atoms with E-state index in [0.29, 0.717) is 13.0 Å². The number of benzene rings is 4. The predicted octanol–water partition coefficient (Wildman–Crippen LogP) is 6.60. The van der Waals surface area contributed by atoms with Crippen LogP contribution in [0.15, 0.2) is 108 Å². The SMILES string of the molecule is C=C[C@H](Cc1c(C#N)c(=O)n(Cc2ccc(OC)cc2)c2ccccc12)c1ccc2ccccc2c1. The van der Waals surface area contributed by atoms with Crippen molar-refractivity contribution >= 4 is 21.7 Å². The van der Waals surface area contributed by atoms with E-state index in [4.69, 9.17) is 4.74 Å². The molecule has 0 saturated carbocycles. The van der Waals surface area contributed by atoms with E-state index < -0.39 is 0 Å². The van der Waals surface area contributed by atoms with Crippen molar-refractivity contribution < 1.29 is 4.74 Å². The van der Waals surface area contributed by atoms with E-state index in [-0.39, 0.29) is 17.0 Å². The first-order valence-electron chi connectivity index (χ1n) is 11.9. The van der Waals surface area contributed by atoms with Gasteiger partial charge in [0, 0.05) is 11.3 Å². The monoisotopic (exact) mass is 470 g/mol. The largest absolute Gasteiger partial charge is 0.497 e. The lowest BCUT2D eigenvalue weighted by molar-refractivity contribution is 0.414. The molecule has 0 saturated heterocycles. The maximum absolute atomic E-state index is 13.6. The number of nitriles is 1. The van der Waals surface area contributed by atoms with Crippen molar-refractivity contribution in [2.75, 3.05) is 7.11 Å². The third-order valence-corrected chi connectivity index (χ3v) is 6.80. The minimum Gasteiger partial charge on any atom is -0.497 e. The first-order chi connectivity index (χ1) is 17.6. The molecule has 0 unspecified atom stereocenters. The van der Waals surface area contributed by atoms with E-state index in [9.17, 15) is 10.1 Å².